The summed E-state index contributed by atoms with van der Waals surface area (Å²) in [6, 6.07) is 12.8. The minimum Gasteiger partial charge on any atom is -0.497 e. The van der Waals surface area contributed by atoms with Crippen molar-refractivity contribution in [3.05, 3.63) is 65.0 Å². The summed E-state index contributed by atoms with van der Waals surface area (Å²) in [4.78, 5) is -0.0159. The van der Waals surface area contributed by atoms with Gasteiger partial charge in [-0.1, -0.05) is 34.1 Å². The van der Waals surface area contributed by atoms with E-state index in [1.165, 1.54) is 6.07 Å². The number of halogens is 2. The first-order valence-electron chi connectivity index (χ1n) is 5.65. The lowest BCUT2D eigenvalue weighted by Crippen LogP contribution is -1.95. The van der Waals surface area contributed by atoms with Crippen LogP contribution in [0.25, 0.3) is 0 Å². The average molecular weight is 309 g/mol. The number of rotatable bonds is 3. The van der Waals surface area contributed by atoms with Crippen LogP contribution in [-0.2, 0) is 0 Å². The number of alkyl halides is 1. The van der Waals surface area contributed by atoms with Crippen molar-refractivity contribution in [3.8, 4) is 5.75 Å². The van der Waals surface area contributed by atoms with Crippen LogP contribution in [0.15, 0.2) is 42.5 Å². The second kappa shape index (κ2) is 5.53. The van der Waals surface area contributed by atoms with E-state index in [1.54, 1.807) is 13.2 Å². The Hall–Kier alpha value is -1.35. The first kappa shape index (κ1) is 13.1. The molecule has 1 unspecified atom stereocenters. The van der Waals surface area contributed by atoms with E-state index in [1.807, 2.05) is 37.3 Å². The molecule has 0 amide bonds. The number of aryl methyl sites for hydroxylation is 1. The number of ether oxygens (including phenoxy) is 1. The van der Waals surface area contributed by atoms with Gasteiger partial charge in [-0.3, -0.25) is 0 Å². The molecule has 2 aromatic carbocycles. The Morgan fingerprint density at radius 2 is 1.72 bits per heavy atom. The minimum atomic E-state index is -0.206. The van der Waals surface area contributed by atoms with Gasteiger partial charge in [0.2, 0.25) is 0 Å². The SMILES string of the molecule is COc1ccc(C(Br)c2cc(C)cc(F)c2)cc1. The smallest absolute Gasteiger partial charge is 0.123 e. The first-order chi connectivity index (χ1) is 8.60. The lowest BCUT2D eigenvalue weighted by atomic mass is 10.0. The lowest BCUT2D eigenvalue weighted by molar-refractivity contribution is 0.414. The Morgan fingerprint density at radius 3 is 2.28 bits per heavy atom. The van der Waals surface area contributed by atoms with Gasteiger partial charge in [-0.25, -0.2) is 4.39 Å². The molecule has 0 saturated carbocycles. The van der Waals surface area contributed by atoms with Crippen molar-refractivity contribution < 1.29 is 9.13 Å². The van der Waals surface area contributed by atoms with Crippen molar-refractivity contribution in [1.82, 2.24) is 0 Å². The van der Waals surface area contributed by atoms with Crippen molar-refractivity contribution >= 4 is 15.9 Å². The first-order valence-corrected chi connectivity index (χ1v) is 6.57. The van der Waals surface area contributed by atoms with Crippen LogP contribution >= 0.6 is 15.9 Å². The zero-order chi connectivity index (χ0) is 13.1. The zero-order valence-electron chi connectivity index (χ0n) is 10.3. The van der Waals surface area contributed by atoms with Gasteiger partial charge >= 0.3 is 0 Å². The molecule has 0 fully saturated rings. The monoisotopic (exact) mass is 308 g/mol. The van der Waals surface area contributed by atoms with Crippen LogP contribution in [-0.4, -0.2) is 7.11 Å². The number of hydrogen-bond donors (Lipinski definition) is 0. The van der Waals surface area contributed by atoms with Crippen LogP contribution in [0.4, 0.5) is 4.39 Å². The fourth-order valence-electron chi connectivity index (χ4n) is 1.88. The summed E-state index contributed by atoms with van der Waals surface area (Å²) in [6.45, 7) is 1.89. The molecule has 18 heavy (non-hydrogen) atoms. The van der Waals surface area contributed by atoms with Gasteiger partial charge in [-0.2, -0.15) is 0 Å². The summed E-state index contributed by atoms with van der Waals surface area (Å²) in [5, 5.41) is 0. The maximum atomic E-state index is 13.4. The highest BCUT2D eigenvalue weighted by atomic mass is 79.9. The molecule has 3 heteroatoms. The van der Waals surface area contributed by atoms with Gasteiger partial charge in [0.25, 0.3) is 0 Å². The Bertz CT molecular complexity index is 516. The van der Waals surface area contributed by atoms with Gasteiger partial charge < -0.3 is 4.74 Å². The number of benzene rings is 2. The highest BCUT2D eigenvalue weighted by Gasteiger charge is 2.11. The Morgan fingerprint density at radius 1 is 1.06 bits per heavy atom. The molecule has 94 valence electrons. The summed E-state index contributed by atoms with van der Waals surface area (Å²) >= 11 is 3.60. The van der Waals surface area contributed by atoms with E-state index in [4.69, 9.17) is 4.74 Å². The van der Waals surface area contributed by atoms with Gasteiger partial charge in [0.05, 0.1) is 11.9 Å². The molecule has 0 saturated heterocycles. The molecule has 0 heterocycles. The van der Waals surface area contributed by atoms with Crippen molar-refractivity contribution in [2.45, 2.75) is 11.8 Å². The van der Waals surface area contributed by atoms with E-state index >= 15 is 0 Å². The van der Waals surface area contributed by atoms with Crippen LogP contribution < -0.4 is 4.74 Å². The highest BCUT2D eigenvalue weighted by Crippen LogP contribution is 2.32. The van der Waals surface area contributed by atoms with Crippen LogP contribution in [0.5, 0.6) is 5.75 Å². The zero-order valence-corrected chi connectivity index (χ0v) is 11.9. The second-order valence-corrected chi connectivity index (χ2v) is 5.11. The Balaban J connectivity index is 2.31. The van der Waals surface area contributed by atoms with Crippen LogP contribution in [0.1, 0.15) is 21.5 Å². The van der Waals surface area contributed by atoms with Crippen molar-refractivity contribution in [2.24, 2.45) is 0 Å². The third-order valence-electron chi connectivity index (χ3n) is 2.77. The molecular formula is C15H14BrFO. The summed E-state index contributed by atoms with van der Waals surface area (Å²) < 4.78 is 18.5. The average Bonchev–Trinajstić information content (AvgIpc) is 2.37. The minimum absolute atomic E-state index is 0.0159. The van der Waals surface area contributed by atoms with Gasteiger partial charge in [-0.05, 0) is 47.9 Å². The standard InChI is InChI=1S/C15H14BrFO/c1-10-7-12(9-13(17)8-10)15(16)11-3-5-14(18-2)6-4-11/h3-9,15H,1-2H3. The van der Waals surface area contributed by atoms with Crippen molar-refractivity contribution in [1.29, 1.82) is 0 Å². The third-order valence-corrected chi connectivity index (χ3v) is 3.82. The molecular weight excluding hydrogens is 295 g/mol. The fourth-order valence-corrected chi connectivity index (χ4v) is 2.45. The van der Waals surface area contributed by atoms with Gasteiger partial charge in [0.1, 0.15) is 11.6 Å². The summed E-state index contributed by atoms with van der Waals surface area (Å²) in [5.41, 5.74) is 2.90. The molecule has 2 aromatic rings. The maximum Gasteiger partial charge on any atom is 0.123 e. The predicted octanol–water partition coefficient (Wildman–Crippen LogP) is 4.63. The quantitative estimate of drug-likeness (QED) is 0.751. The van der Waals surface area contributed by atoms with E-state index in [0.717, 1.165) is 22.4 Å². The number of hydrogen-bond acceptors (Lipinski definition) is 1. The van der Waals surface area contributed by atoms with Crippen LogP contribution in [0.3, 0.4) is 0 Å². The lowest BCUT2D eigenvalue weighted by Gasteiger charge is -2.12. The Kier molecular flexibility index (Phi) is 4.02. The normalized spacial score (nSPS) is 12.2. The van der Waals surface area contributed by atoms with E-state index in [2.05, 4.69) is 15.9 Å². The molecule has 0 N–H and O–H groups in total. The fraction of sp³-hybridized carbons (Fsp3) is 0.200. The molecule has 0 spiro atoms. The van der Waals surface area contributed by atoms with E-state index in [0.29, 0.717) is 0 Å². The van der Waals surface area contributed by atoms with Gasteiger partial charge in [-0.15, -0.1) is 0 Å². The number of methoxy groups -OCH3 is 1. The molecule has 1 atom stereocenters. The van der Waals surface area contributed by atoms with Gasteiger partial charge in [0.15, 0.2) is 0 Å². The molecule has 0 bridgehead atoms. The van der Waals surface area contributed by atoms with Crippen LogP contribution in [0.2, 0.25) is 0 Å². The van der Waals surface area contributed by atoms with Gasteiger partial charge in [0, 0.05) is 0 Å². The molecule has 0 aliphatic heterocycles. The summed E-state index contributed by atoms with van der Waals surface area (Å²) in [6.07, 6.45) is 0. The topological polar surface area (TPSA) is 9.23 Å². The Labute approximate surface area is 115 Å². The van der Waals surface area contributed by atoms with E-state index < -0.39 is 0 Å². The second-order valence-electron chi connectivity index (χ2n) is 4.20. The van der Waals surface area contributed by atoms with Crippen molar-refractivity contribution in [3.63, 3.8) is 0 Å². The molecule has 0 aromatic heterocycles. The highest BCUT2D eigenvalue weighted by molar-refractivity contribution is 9.09. The largest absolute Gasteiger partial charge is 0.497 e. The maximum absolute atomic E-state index is 13.4. The third kappa shape index (κ3) is 2.91. The molecule has 2 rings (SSSR count). The molecule has 1 nitrogen and oxygen atoms in total. The summed E-state index contributed by atoms with van der Waals surface area (Å²) in [7, 11) is 1.64. The molecule has 0 aliphatic carbocycles. The van der Waals surface area contributed by atoms with Crippen LogP contribution in [0, 0.1) is 12.7 Å². The predicted molar refractivity (Wildman–Crippen MR) is 74.9 cm³/mol. The molecule has 0 radical (unpaired) electrons. The van der Waals surface area contributed by atoms with E-state index in [-0.39, 0.29) is 10.6 Å². The summed E-state index contributed by atoms with van der Waals surface area (Å²) in [5.74, 6) is 0.608. The van der Waals surface area contributed by atoms with E-state index in [9.17, 15) is 4.39 Å². The molecule has 0 aliphatic rings. The van der Waals surface area contributed by atoms with Crippen molar-refractivity contribution in [2.75, 3.05) is 7.11 Å².